The van der Waals surface area contributed by atoms with E-state index in [-0.39, 0.29) is 11.8 Å². The summed E-state index contributed by atoms with van der Waals surface area (Å²) >= 11 is 1.73. The molecule has 3 nitrogen and oxygen atoms in total. The first-order valence-electron chi connectivity index (χ1n) is 5.82. The summed E-state index contributed by atoms with van der Waals surface area (Å²) in [5.74, 6) is 0.328. The molecule has 1 fully saturated rings. The molecule has 2 N–H and O–H groups in total. The Balaban J connectivity index is 1.95. The van der Waals surface area contributed by atoms with Crippen LogP contribution in [0.1, 0.15) is 11.1 Å². The number of thioether (sulfide) groups is 1. The van der Waals surface area contributed by atoms with Gasteiger partial charge in [-0.3, -0.25) is 4.79 Å². The van der Waals surface area contributed by atoms with Crippen LogP contribution in [-0.4, -0.2) is 25.3 Å². The second kappa shape index (κ2) is 5.56. The zero-order valence-electron chi connectivity index (χ0n) is 10.2. The fourth-order valence-electron chi connectivity index (χ4n) is 1.80. The van der Waals surface area contributed by atoms with Gasteiger partial charge in [-0.05, 0) is 30.4 Å². The summed E-state index contributed by atoms with van der Waals surface area (Å²) in [7, 11) is 0. The molecule has 0 aromatic heterocycles. The Morgan fingerprint density at radius 2 is 2.29 bits per heavy atom. The van der Waals surface area contributed by atoms with Gasteiger partial charge in [0.1, 0.15) is 0 Å². The number of hydrogen-bond acceptors (Lipinski definition) is 3. The van der Waals surface area contributed by atoms with Crippen molar-refractivity contribution in [1.29, 1.82) is 0 Å². The number of rotatable bonds is 4. The van der Waals surface area contributed by atoms with Crippen molar-refractivity contribution in [2.75, 3.05) is 19.3 Å². The third-order valence-electron chi connectivity index (χ3n) is 3.05. The topological polar surface area (TPSA) is 41.1 Å². The van der Waals surface area contributed by atoms with E-state index in [0.717, 1.165) is 13.1 Å². The summed E-state index contributed by atoms with van der Waals surface area (Å²) in [6, 6.07) is 6.35. The predicted octanol–water partition coefficient (Wildman–Crippen LogP) is 1.55. The number of carbonyl (C=O) groups is 1. The van der Waals surface area contributed by atoms with Crippen molar-refractivity contribution >= 4 is 17.7 Å². The minimum Gasteiger partial charge on any atom is -0.352 e. The van der Waals surface area contributed by atoms with Gasteiger partial charge in [0.05, 0.1) is 5.92 Å². The Hall–Kier alpha value is -1.00. The van der Waals surface area contributed by atoms with Crippen LogP contribution in [0.4, 0.5) is 0 Å². The van der Waals surface area contributed by atoms with Crippen molar-refractivity contribution in [2.45, 2.75) is 18.4 Å². The van der Waals surface area contributed by atoms with Crippen LogP contribution < -0.4 is 10.6 Å². The molecule has 0 aliphatic carbocycles. The lowest BCUT2D eigenvalue weighted by atomic mass is 10.0. The summed E-state index contributed by atoms with van der Waals surface area (Å²) in [6.45, 7) is 4.35. The molecular weight excluding hydrogens is 232 g/mol. The average molecular weight is 250 g/mol. The summed E-state index contributed by atoms with van der Waals surface area (Å²) in [5.41, 5.74) is 2.45. The first kappa shape index (κ1) is 12.5. The molecule has 92 valence electrons. The molecule has 0 spiro atoms. The van der Waals surface area contributed by atoms with E-state index in [1.54, 1.807) is 11.8 Å². The van der Waals surface area contributed by atoms with Gasteiger partial charge >= 0.3 is 0 Å². The van der Waals surface area contributed by atoms with Crippen LogP contribution in [0, 0.1) is 12.8 Å². The van der Waals surface area contributed by atoms with Gasteiger partial charge in [-0.15, -0.1) is 11.8 Å². The van der Waals surface area contributed by atoms with Crippen LogP contribution in [-0.2, 0) is 11.3 Å². The number of carbonyl (C=O) groups excluding carboxylic acids is 1. The molecule has 1 aromatic rings. The first-order valence-corrected chi connectivity index (χ1v) is 7.05. The summed E-state index contributed by atoms with van der Waals surface area (Å²) in [6.07, 6.45) is 2.07. The second-order valence-electron chi connectivity index (χ2n) is 4.39. The van der Waals surface area contributed by atoms with E-state index in [2.05, 4.69) is 42.0 Å². The largest absolute Gasteiger partial charge is 0.352 e. The van der Waals surface area contributed by atoms with Gasteiger partial charge in [-0.25, -0.2) is 0 Å². The SMILES string of the molecule is CSc1cc(C)ccc1CNC(=O)C1CNC1. The molecule has 0 bridgehead atoms. The summed E-state index contributed by atoms with van der Waals surface area (Å²) < 4.78 is 0. The maximum atomic E-state index is 11.7. The molecule has 0 unspecified atom stereocenters. The Bertz CT molecular complexity index is 416. The second-order valence-corrected chi connectivity index (χ2v) is 5.24. The highest BCUT2D eigenvalue weighted by Gasteiger charge is 2.24. The lowest BCUT2D eigenvalue weighted by Crippen LogP contribution is -2.50. The Morgan fingerprint density at radius 1 is 1.53 bits per heavy atom. The smallest absolute Gasteiger partial charge is 0.225 e. The molecule has 1 amide bonds. The fraction of sp³-hybridized carbons (Fsp3) is 0.462. The Morgan fingerprint density at radius 3 is 2.88 bits per heavy atom. The molecule has 1 aliphatic heterocycles. The molecule has 0 radical (unpaired) electrons. The van der Waals surface area contributed by atoms with Gasteiger partial charge < -0.3 is 10.6 Å². The van der Waals surface area contributed by atoms with E-state index in [9.17, 15) is 4.79 Å². The maximum Gasteiger partial charge on any atom is 0.225 e. The Labute approximate surface area is 106 Å². The molecule has 1 saturated heterocycles. The van der Waals surface area contributed by atoms with E-state index >= 15 is 0 Å². The molecule has 0 saturated carbocycles. The molecule has 17 heavy (non-hydrogen) atoms. The van der Waals surface area contributed by atoms with E-state index in [1.165, 1.54) is 16.0 Å². The molecule has 1 aliphatic rings. The summed E-state index contributed by atoms with van der Waals surface area (Å²) in [4.78, 5) is 13.0. The van der Waals surface area contributed by atoms with Crippen molar-refractivity contribution in [1.82, 2.24) is 10.6 Å². The normalized spacial score (nSPS) is 15.4. The van der Waals surface area contributed by atoms with Crippen LogP contribution in [0.25, 0.3) is 0 Å². The molecule has 1 aromatic carbocycles. The van der Waals surface area contributed by atoms with Crippen molar-refractivity contribution in [2.24, 2.45) is 5.92 Å². The molecule has 0 atom stereocenters. The highest BCUT2D eigenvalue weighted by Crippen LogP contribution is 2.21. The van der Waals surface area contributed by atoms with E-state index < -0.39 is 0 Å². The quantitative estimate of drug-likeness (QED) is 0.797. The van der Waals surface area contributed by atoms with Crippen molar-refractivity contribution in [3.63, 3.8) is 0 Å². The fourth-order valence-corrected chi connectivity index (χ4v) is 2.50. The Kier molecular flexibility index (Phi) is 4.07. The standard InChI is InChI=1S/C13H18N2OS/c1-9-3-4-10(12(5-9)17-2)8-15-13(16)11-6-14-7-11/h3-5,11,14H,6-8H2,1-2H3,(H,15,16). The molecule has 4 heteroatoms. The lowest BCUT2D eigenvalue weighted by Gasteiger charge is -2.25. The van der Waals surface area contributed by atoms with Crippen LogP contribution >= 0.6 is 11.8 Å². The van der Waals surface area contributed by atoms with Crippen molar-refractivity contribution in [3.8, 4) is 0 Å². The molecule has 1 heterocycles. The van der Waals surface area contributed by atoms with Crippen LogP contribution in [0.2, 0.25) is 0 Å². The van der Waals surface area contributed by atoms with Gasteiger partial charge in [-0.1, -0.05) is 12.1 Å². The third kappa shape index (κ3) is 3.01. The van der Waals surface area contributed by atoms with Crippen LogP contribution in [0.15, 0.2) is 23.1 Å². The zero-order valence-corrected chi connectivity index (χ0v) is 11.1. The van der Waals surface area contributed by atoms with Crippen LogP contribution in [0.5, 0.6) is 0 Å². The molecule has 2 rings (SSSR count). The van der Waals surface area contributed by atoms with Gasteiger partial charge in [-0.2, -0.15) is 0 Å². The van der Waals surface area contributed by atoms with Gasteiger partial charge in [0.25, 0.3) is 0 Å². The number of benzene rings is 1. The van der Waals surface area contributed by atoms with Gasteiger partial charge in [0, 0.05) is 24.5 Å². The number of nitrogens with one attached hydrogen (secondary N) is 2. The number of amides is 1. The predicted molar refractivity (Wildman–Crippen MR) is 71.2 cm³/mol. The van der Waals surface area contributed by atoms with E-state index in [0.29, 0.717) is 6.54 Å². The lowest BCUT2D eigenvalue weighted by molar-refractivity contribution is -0.126. The monoisotopic (exact) mass is 250 g/mol. The average Bonchev–Trinajstić information content (AvgIpc) is 2.24. The summed E-state index contributed by atoms with van der Waals surface area (Å²) in [5, 5.41) is 6.11. The first-order chi connectivity index (χ1) is 8.20. The minimum absolute atomic E-state index is 0.163. The number of aryl methyl sites for hydroxylation is 1. The van der Waals surface area contributed by atoms with Gasteiger partial charge in [0.15, 0.2) is 0 Å². The minimum atomic E-state index is 0.163. The van der Waals surface area contributed by atoms with Gasteiger partial charge in [0.2, 0.25) is 5.91 Å². The van der Waals surface area contributed by atoms with Crippen LogP contribution in [0.3, 0.4) is 0 Å². The highest BCUT2D eigenvalue weighted by atomic mass is 32.2. The van der Waals surface area contributed by atoms with E-state index in [1.807, 2.05) is 0 Å². The molecular formula is C13H18N2OS. The third-order valence-corrected chi connectivity index (χ3v) is 3.87. The van der Waals surface area contributed by atoms with E-state index in [4.69, 9.17) is 0 Å². The number of hydrogen-bond donors (Lipinski definition) is 2. The highest BCUT2D eigenvalue weighted by molar-refractivity contribution is 7.98. The maximum absolute atomic E-state index is 11.7. The van der Waals surface area contributed by atoms with Crippen molar-refractivity contribution in [3.05, 3.63) is 29.3 Å². The van der Waals surface area contributed by atoms with Crippen molar-refractivity contribution < 1.29 is 4.79 Å². The zero-order chi connectivity index (χ0) is 12.3.